The number of nitrogens with one attached hydrogen (secondary N) is 2. The van der Waals surface area contributed by atoms with Gasteiger partial charge in [-0.15, -0.1) is 0 Å². The molecule has 0 bridgehead atoms. The van der Waals surface area contributed by atoms with Crippen LogP contribution in [0.5, 0.6) is 0 Å². The van der Waals surface area contributed by atoms with E-state index in [2.05, 4.69) is 15.3 Å². The molecule has 0 atom stereocenters. The van der Waals surface area contributed by atoms with Crippen molar-refractivity contribution >= 4 is 5.91 Å². The average molecular weight is 323 g/mol. The fraction of sp³-hybridized carbons (Fsp3) is 0.0556. The van der Waals surface area contributed by atoms with Crippen LogP contribution in [0.15, 0.2) is 65.5 Å². The van der Waals surface area contributed by atoms with Crippen LogP contribution in [-0.2, 0) is 6.54 Å². The summed E-state index contributed by atoms with van der Waals surface area (Å²) in [6, 6.07) is 16.7. The highest BCUT2D eigenvalue weighted by Gasteiger charge is 2.11. The van der Waals surface area contributed by atoms with Gasteiger partial charge in [-0.3, -0.25) is 4.79 Å². The second-order valence-corrected chi connectivity index (χ2v) is 5.13. The number of hydrogen-bond acceptors (Lipinski definition) is 3. The number of aromatic amines is 1. The molecule has 24 heavy (non-hydrogen) atoms. The summed E-state index contributed by atoms with van der Waals surface area (Å²) >= 11 is 0. The van der Waals surface area contributed by atoms with Gasteiger partial charge in [0.1, 0.15) is 11.5 Å². The molecule has 2 aromatic carbocycles. The first-order valence-electron chi connectivity index (χ1n) is 7.32. The fourth-order valence-corrected chi connectivity index (χ4v) is 2.25. The normalized spacial score (nSPS) is 10.4. The molecule has 120 valence electrons. The number of aromatic nitrogens is 2. The number of rotatable bonds is 4. The van der Waals surface area contributed by atoms with Crippen LogP contribution < -0.4 is 11.0 Å². The van der Waals surface area contributed by atoms with Gasteiger partial charge in [-0.1, -0.05) is 48.5 Å². The Morgan fingerprint density at radius 3 is 2.54 bits per heavy atom. The number of carbonyl (C=O) groups is 1. The van der Waals surface area contributed by atoms with Gasteiger partial charge >= 0.3 is 5.69 Å². The SMILES string of the molecule is O=C(NCc1ccccc1F)c1cc(-c2ccccc2)nc(=O)[nH]1. The van der Waals surface area contributed by atoms with Crippen molar-refractivity contribution in [2.45, 2.75) is 6.54 Å². The van der Waals surface area contributed by atoms with Crippen LogP contribution in [0.2, 0.25) is 0 Å². The first-order chi connectivity index (χ1) is 11.6. The van der Waals surface area contributed by atoms with Crippen molar-refractivity contribution in [2.75, 3.05) is 0 Å². The molecule has 6 heteroatoms. The van der Waals surface area contributed by atoms with E-state index in [0.29, 0.717) is 11.3 Å². The number of halogens is 1. The van der Waals surface area contributed by atoms with E-state index in [-0.39, 0.29) is 12.2 Å². The lowest BCUT2D eigenvalue weighted by Crippen LogP contribution is -2.27. The zero-order valence-electron chi connectivity index (χ0n) is 12.6. The molecule has 0 unspecified atom stereocenters. The van der Waals surface area contributed by atoms with Crippen molar-refractivity contribution in [2.24, 2.45) is 0 Å². The van der Waals surface area contributed by atoms with Crippen molar-refractivity contribution in [3.63, 3.8) is 0 Å². The van der Waals surface area contributed by atoms with Crippen LogP contribution in [-0.4, -0.2) is 15.9 Å². The molecule has 0 aliphatic rings. The van der Waals surface area contributed by atoms with Crippen molar-refractivity contribution < 1.29 is 9.18 Å². The molecular formula is C18H14FN3O2. The van der Waals surface area contributed by atoms with Gasteiger partial charge in [0.2, 0.25) is 0 Å². The molecule has 0 saturated heterocycles. The molecule has 3 rings (SSSR count). The van der Waals surface area contributed by atoms with Crippen LogP contribution in [0, 0.1) is 5.82 Å². The Labute approximate surface area is 137 Å². The Balaban J connectivity index is 1.81. The number of carbonyl (C=O) groups excluding carboxylic acids is 1. The summed E-state index contributed by atoms with van der Waals surface area (Å²) in [6.45, 7) is 0.0243. The maximum absolute atomic E-state index is 13.6. The molecule has 0 spiro atoms. The van der Waals surface area contributed by atoms with Crippen molar-refractivity contribution in [1.29, 1.82) is 0 Å². The molecule has 5 nitrogen and oxygen atoms in total. The minimum atomic E-state index is -0.618. The highest BCUT2D eigenvalue weighted by atomic mass is 19.1. The summed E-state index contributed by atoms with van der Waals surface area (Å²) in [5, 5.41) is 2.59. The molecule has 0 saturated carbocycles. The van der Waals surface area contributed by atoms with E-state index in [1.54, 1.807) is 30.3 Å². The van der Waals surface area contributed by atoms with Gasteiger partial charge in [-0.25, -0.2) is 9.18 Å². The molecule has 0 aliphatic carbocycles. The molecule has 2 N–H and O–H groups in total. The summed E-state index contributed by atoms with van der Waals surface area (Å²) in [5.74, 6) is -0.902. The molecular weight excluding hydrogens is 309 g/mol. The highest BCUT2D eigenvalue weighted by molar-refractivity contribution is 5.93. The lowest BCUT2D eigenvalue weighted by molar-refractivity contribution is 0.0945. The number of amides is 1. The van der Waals surface area contributed by atoms with E-state index in [0.717, 1.165) is 5.56 Å². The van der Waals surface area contributed by atoms with Gasteiger partial charge in [-0.2, -0.15) is 4.98 Å². The number of hydrogen-bond donors (Lipinski definition) is 2. The molecule has 1 amide bonds. The molecule has 3 aromatic rings. The quantitative estimate of drug-likeness (QED) is 0.775. The standard InChI is InChI=1S/C18H14FN3O2/c19-14-9-5-4-8-13(14)11-20-17(23)16-10-15(21-18(24)22-16)12-6-2-1-3-7-12/h1-10H,11H2,(H,20,23)(H,21,22,24). The van der Waals surface area contributed by atoms with E-state index in [4.69, 9.17) is 0 Å². The van der Waals surface area contributed by atoms with E-state index in [1.165, 1.54) is 12.1 Å². The second-order valence-electron chi connectivity index (χ2n) is 5.13. The Bertz CT molecular complexity index is 923. The number of benzene rings is 2. The Kier molecular flexibility index (Phi) is 4.47. The van der Waals surface area contributed by atoms with Crippen molar-refractivity contribution in [1.82, 2.24) is 15.3 Å². The zero-order chi connectivity index (χ0) is 16.9. The van der Waals surface area contributed by atoms with Crippen LogP contribution in [0.1, 0.15) is 16.1 Å². The maximum atomic E-state index is 13.6. The second kappa shape index (κ2) is 6.87. The minimum Gasteiger partial charge on any atom is -0.347 e. The van der Waals surface area contributed by atoms with Gasteiger partial charge in [0.15, 0.2) is 0 Å². The number of nitrogens with zero attached hydrogens (tertiary/aromatic N) is 1. The molecule has 0 radical (unpaired) electrons. The molecule has 0 fully saturated rings. The van der Waals surface area contributed by atoms with Crippen LogP contribution in [0.25, 0.3) is 11.3 Å². The van der Waals surface area contributed by atoms with Crippen LogP contribution in [0.4, 0.5) is 4.39 Å². The Morgan fingerprint density at radius 2 is 1.79 bits per heavy atom. The third-order valence-electron chi connectivity index (χ3n) is 3.46. The van der Waals surface area contributed by atoms with E-state index >= 15 is 0 Å². The fourth-order valence-electron chi connectivity index (χ4n) is 2.25. The first kappa shape index (κ1) is 15.6. The summed E-state index contributed by atoms with van der Waals surface area (Å²) in [6.07, 6.45) is 0. The van der Waals surface area contributed by atoms with Crippen molar-refractivity contribution in [3.8, 4) is 11.3 Å². The largest absolute Gasteiger partial charge is 0.347 e. The van der Waals surface area contributed by atoms with Crippen LogP contribution in [0.3, 0.4) is 0 Å². The topological polar surface area (TPSA) is 74.8 Å². The Morgan fingerprint density at radius 1 is 1.08 bits per heavy atom. The average Bonchev–Trinajstić information content (AvgIpc) is 2.61. The lowest BCUT2D eigenvalue weighted by Gasteiger charge is -2.07. The molecule has 1 aromatic heterocycles. The van der Waals surface area contributed by atoms with Crippen molar-refractivity contribution in [3.05, 3.63) is 88.2 Å². The Hall–Kier alpha value is -3.28. The predicted molar refractivity (Wildman–Crippen MR) is 87.9 cm³/mol. The van der Waals surface area contributed by atoms with E-state index < -0.39 is 17.4 Å². The summed E-state index contributed by atoms with van der Waals surface area (Å²) < 4.78 is 13.6. The predicted octanol–water partition coefficient (Wildman–Crippen LogP) is 2.51. The monoisotopic (exact) mass is 323 g/mol. The first-order valence-corrected chi connectivity index (χ1v) is 7.32. The number of H-pyrrole nitrogens is 1. The van der Waals surface area contributed by atoms with Gasteiger partial charge in [0.05, 0.1) is 5.69 Å². The summed E-state index contributed by atoms with van der Waals surface area (Å²) in [7, 11) is 0. The van der Waals surface area contributed by atoms with Gasteiger partial charge in [0.25, 0.3) is 5.91 Å². The third-order valence-corrected chi connectivity index (χ3v) is 3.46. The van der Waals surface area contributed by atoms with Crippen LogP contribution >= 0.6 is 0 Å². The summed E-state index contributed by atoms with van der Waals surface area (Å²) in [5.41, 5.74) is 0.949. The summed E-state index contributed by atoms with van der Waals surface area (Å²) in [4.78, 5) is 30.2. The van der Waals surface area contributed by atoms with E-state index in [9.17, 15) is 14.0 Å². The highest BCUT2D eigenvalue weighted by Crippen LogP contribution is 2.15. The molecule has 0 aliphatic heterocycles. The van der Waals surface area contributed by atoms with E-state index in [1.807, 2.05) is 18.2 Å². The maximum Gasteiger partial charge on any atom is 0.346 e. The molecule has 1 heterocycles. The van der Waals surface area contributed by atoms with Gasteiger partial charge in [-0.05, 0) is 12.1 Å². The smallest absolute Gasteiger partial charge is 0.346 e. The van der Waals surface area contributed by atoms with Gasteiger partial charge < -0.3 is 10.3 Å². The minimum absolute atomic E-state index is 0.0243. The zero-order valence-corrected chi connectivity index (χ0v) is 12.6. The lowest BCUT2D eigenvalue weighted by atomic mass is 10.1. The third kappa shape index (κ3) is 3.55. The van der Waals surface area contributed by atoms with Gasteiger partial charge in [0, 0.05) is 17.7 Å².